The molecule has 0 fully saturated rings. The van der Waals surface area contributed by atoms with Crippen LogP contribution in [0.4, 0.5) is 5.69 Å². The highest BCUT2D eigenvalue weighted by Gasteiger charge is 2.08. The Morgan fingerprint density at radius 3 is 1.96 bits per heavy atom. The molecule has 7 nitrogen and oxygen atoms in total. The number of likely N-dealkylation sites (N-methyl/N-ethyl adjacent to an activating group) is 1. The van der Waals surface area contributed by atoms with Crippen LogP contribution in [0, 0.1) is 20.8 Å². The summed E-state index contributed by atoms with van der Waals surface area (Å²) in [4.78, 5) is 32.3. The number of nitrogens with one attached hydrogen (secondary N) is 1. The van der Waals surface area contributed by atoms with Crippen molar-refractivity contribution in [3.63, 3.8) is 0 Å². The van der Waals surface area contributed by atoms with Crippen LogP contribution in [0.15, 0.2) is 42.5 Å². The van der Waals surface area contributed by atoms with E-state index < -0.39 is 11.9 Å². The number of carboxylic acid groups (broad SMARTS) is 2. The summed E-state index contributed by atoms with van der Waals surface area (Å²) in [6, 6.07) is 14.4. The molecule has 2 rings (SSSR count). The van der Waals surface area contributed by atoms with Crippen LogP contribution >= 0.6 is 0 Å². The molecule has 1 amide bonds. The summed E-state index contributed by atoms with van der Waals surface area (Å²) in [7, 11) is 1.96. The van der Waals surface area contributed by atoms with Gasteiger partial charge in [-0.25, -0.2) is 9.59 Å². The summed E-state index contributed by atoms with van der Waals surface area (Å²) in [6.07, 6.45) is 0. The SMILES string of the molecule is Cc1ccc(CN(C)CC(=O)Nc2ccc(C)c(C)c2)cc1.O=C(O)C(=O)O. The smallest absolute Gasteiger partial charge is 0.414 e. The zero-order valence-electron chi connectivity index (χ0n) is 16.5. The third-order valence-corrected chi connectivity index (χ3v) is 3.96. The van der Waals surface area contributed by atoms with Crippen molar-refractivity contribution >= 4 is 23.5 Å². The number of carboxylic acids is 2. The van der Waals surface area contributed by atoms with Crippen LogP contribution in [-0.4, -0.2) is 46.6 Å². The van der Waals surface area contributed by atoms with E-state index in [4.69, 9.17) is 19.8 Å². The Morgan fingerprint density at radius 2 is 1.46 bits per heavy atom. The summed E-state index contributed by atoms with van der Waals surface area (Å²) in [6.45, 7) is 7.33. The molecule has 0 aliphatic rings. The van der Waals surface area contributed by atoms with Crippen LogP contribution in [-0.2, 0) is 20.9 Å². The van der Waals surface area contributed by atoms with Gasteiger partial charge in [0, 0.05) is 12.2 Å². The molecule has 0 saturated heterocycles. The first-order valence-electron chi connectivity index (χ1n) is 8.66. The van der Waals surface area contributed by atoms with E-state index in [0.29, 0.717) is 6.54 Å². The minimum Gasteiger partial charge on any atom is -0.473 e. The quantitative estimate of drug-likeness (QED) is 0.682. The van der Waals surface area contributed by atoms with Gasteiger partial charge in [0.05, 0.1) is 6.54 Å². The molecule has 7 heteroatoms. The lowest BCUT2D eigenvalue weighted by Crippen LogP contribution is -2.29. The van der Waals surface area contributed by atoms with Crippen LogP contribution in [0.2, 0.25) is 0 Å². The molecule has 28 heavy (non-hydrogen) atoms. The van der Waals surface area contributed by atoms with E-state index in [1.54, 1.807) is 0 Å². The summed E-state index contributed by atoms with van der Waals surface area (Å²) < 4.78 is 0. The normalized spacial score (nSPS) is 10.0. The Balaban J connectivity index is 0.000000568. The second-order valence-electron chi connectivity index (χ2n) is 6.62. The van der Waals surface area contributed by atoms with Crippen molar-refractivity contribution in [1.82, 2.24) is 4.90 Å². The molecule has 0 aliphatic heterocycles. The monoisotopic (exact) mass is 386 g/mol. The van der Waals surface area contributed by atoms with Crippen molar-refractivity contribution < 1.29 is 24.6 Å². The fraction of sp³-hybridized carbons (Fsp3) is 0.286. The van der Waals surface area contributed by atoms with Crippen molar-refractivity contribution in [2.24, 2.45) is 0 Å². The predicted octanol–water partition coefficient (Wildman–Crippen LogP) is 2.84. The molecule has 0 unspecified atom stereocenters. The lowest BCUT2D eigenvalue weighted by Gasteiger charge is -2.17. The molecule has 0 spiro atoms. The zero-order chi connectivity index (χ0) is 21.3. The number of aryl methyl sites for hydroxylation is 3. The van der Waals surface area contributed by atoms with Crippen molar-refractivity contribution in [3.05, 3.63) is 64.7 Å². The van der Waals surface area contributed by atoms with Gasteiger partial charge in [0.1, 0.15) is 0 Å². The predicted molar refractivity (Wildman–Crippen MR) is 107 cm³/mol. The van der Waals surface area contributed by atoms with Crippen molar-refractivity contribution in [2.45, 2.75) is 27.3 Å². The molecule has 3 N–H and O–H groups in total. The van der Waals surface area contributed by atoms with Gasteiger partial charge in [-0.3, -0.25) is 9.69 Å². The Hall–Kier alpha value is -3.19. The Labute approximate surface area is 164 Å². The topological polar surface area (TPSA) is 107 Å². The summed E-state index contributed by atoms with van der Waals surface area (Å²) in [5.74, 6) is -3.64. The summed E-state index contributed by atoms with van der Waals surface area (Å²) in [5, 5.41) is 17.7. The van der Waals surface area contributed by atoms with Crippen LogP contribution in [0.5, 0.6) is 0 Å². The maximum absolute atomic E-state index is 12.1. The molecule has 0 atom stereocenters. The average Bonchev–Trinajstić information content (AvgIpc) is 2.60. The molecule has 0 saturated carbocycles. The van der Waals surface area contributed by atoms with Gasteiger partial charge >= 0.3 is 11.9 Å². The van der Waals surface area contributed by atoms with Crippen LogP contribution < -0.4 is 5.32 Å². The van der Waals surface area contributed by atoms with Crippen molar-refractivity contribution in [2.75, 3.05) is 18.9 Å². The van der Waals surface area contributed by atoms with E-state index in [0.717, 1.165) is 12.2 Å². The van der Waals surface area contributed by atoms with Crippen LogP contribution in [0.1, 0.15) is 22.3 Å². The molecule has 150 valence electrons. The first-order valence-corrected chi connectivity index (χ1v) is 8.66. The molecule has 0 aliphatic carbocycles. The highest BCUT2D eigenvalue weighted by molar-refractivity contribution is 6.27. The van der Waals surface area contributed by atoms with Gasteiger partial charge in [0.15, 0.2) is 0 Å². The largest absolute Gasteiger partial charge is 0.473 e. The third-order valence-electron chi connectivity index (χ3n) is 3.96. The van der Waals surface area contributed by atoms with Gasteiger partial charge in [-0.1, -0.05) is 35.9 Å². The summed E-state index contributed by atoms with van der Waals surface area (Å²) in [5.41, 5.74) is 5.74. The number of carbonyl (C=O) groups excluding carboxylic acids is 1. The van der Waals surface area contributed by atoms with Crippen molar-refractivity contribution in [3.8, 4) is 0 Å². The molecule has 0 aromatic heterocycles. The van der Waals surface area contributed by atoms with Crippen LogP contribution in [0.25, 0.3) is 0 Å². The Kier molecular flexibility index (Phi) is 8.84. The molecule has 0 radical (unpaired) electrons. The van der Waals surface area contributed by atoms with Gasteiger partial charge in [0.25, 0.3) is 0 Å². The van der Waals surface area contributed by atoms with Crippen LogP contribution in [0.3, 0.4) is 0 Å². The number of anilines is 1. The highest BCUT2D eigenvalue weighted by Crippen LogP contribution is 2.14. The number of benzene rings is 2. The van der Waals surface area contributed by atoms with Gasteiger partial charge in [0.2, 0.25) is 5.91 Å². The lowest BCUT2D eigenvalue weighted by molar-refractivity contribution is -0.159. The lowest BCUT2D eigenvalue weighted by atomic mass is 10.1. The molecule has 2 aromatic rings. The van der Waals surface area contributed by atoms with E-state index >= 15 is 0 Å². The van der Waals surface area contributed by atoms with Gasteiger partial charge in [-0.05, 0) is 56.6 Å². The first kappa shape index (κ1) is 22.9. The van der Waals surface area contributed by atoms with Gasteiger partial charge in [-0.15, -0.1) is 0 Å². The third kappa shape index (κ3) is 8.46. The molecule has 0 bridgehead atoms. The fourth-order valence-electron chi connectivity index (χ4n) is 2.33. The Morgan fingerprint density at radius 1 is 0.893 bits per heavy atom. The fourth-order valence-corrected chi connectivity index (χ4v) is 2.33. The second-order valence-corrected chi connectivity index (χ2v) is 6.62. The number of hydrogen-bond donors (Lipinski definition) is 3. The van der Waals surface area contributed by atoms with E-state index in [-0.39, 0.29) is 5.91 Å². The maximum atomic E-state index is 12.1. The molecule has 2 aromatic carbocycles. The summed E-state index contributed by atoms with van der Waals surface area (Å²) >= 11 is 0. The molecular weight excluding hydrogens is 360 g/mol. The van der Waals surface area contributed by atoms with E-state index in [2.05, 4.69) is 50.4 Å². The number of hydrogen-bond acceptors (Lipinski definition) is 4. The first-order chi connectivity index (χ1) is 13.1. The van der Waals surface area contributed by atoms with Gasteiger partial charge < -0.3 is 15.5 Å². The second kappa shape index (κ2) is 10.8. The van der Waals surface area contributed by atoms with E-state index in [9.17, 15) is 4.79 Å². The van der Waals surface area contributed by atoms with Gasteiger partial charge in [-0.2, -0.15) is 0 Å². The average molecular weight is 386 g/mol. The number of carbonyl (C=O) groups is 3. The number of amides is 1. The number of rotatable bonds is 5. The molecular formula is C21H26N2O5. The number of nitrogens with zero attached hydrogens (tertiary/aromatic N) is 1. The minimum atomic E-state index is -1.82. The minimum absolute atomic E-state index is 0.0119. The standard InChI is InChI=1S/C19H24N2O.C2H2O4/c1-14-5-8-17(9-6-14)12-21(4)13-19(22)20-18-10-7-15(2)16(3)11-18;3-1(4)2(5)6/h5-11H,12-13H2,1-4H3,(H,20,22);(H,3,4)(H,5,6). The molecule has 0 heterocycles. The Bertz CT molecular complexity index is 819. The zero-order valence-corrected chi connectivity index (χ0v) is 16.5. The van der Waals surface area contributed by atoms with E-state index in [1.165, 1.54) is 22.3 Å². The maximum Gasteiger partial charge on any atom is 0.414 e. The van der Waals surface area contributed by atoms with E-state index in [1.807, 2.05) is 30.1 Å². The van der Waals surface area contributed by atoms with Crippen molar-refractivity contribution in [1.29, 1.82) is 0 Å². The number of aliphatic carboxylic acids is 2. The highest BCUT2D eigenvalue weighted by atomic mass is 16.4.